The Morgan fingerprint density at radius 1 is 1.21 bits per heavy atom. The van der Waals surface area contributed by atoms with Crippen molar-refractivity contribution in [3.63, 3.8) is 0 Å². The summed E-state index contributed by atoms with van der Waals surface area (Å²) < 4.78 is 16.1. The van der Waals surface area contributed by atoms with Gasteiger partial charge in [-0.25, -0.2) is 0 Å². The number of methoxy groups -OCH3 is 1. The zero-order valence-electron chi connectivity index (χ0n) is 15.2. The van der Waals surface area contributed by atoms with Crippen molar-refractivity contribution in [3.8, 4) is 0 Å². The third kappa shape index (κ3) is 9.62. The highest BCUT2D eigenvalue weighted by Gasteiger charge is 2.14. The molecular formula is C17H29O4PS2. The quantitative estimate of drug-likeness (QED) is 0.399. The van der Waals surface area contributed by atoms with Crippen LogP contribution < -0.4 is 0 Å². The van der Waals surface area contributed by atoms with Crippen molar-refractivity contribution in [1.29, 1.82) is 0 Å². The molecule has 7 heteroatoms. The van der Waals surface area contributed by atoms with E-state index in [9.17, 15) is 4.89 Å². The van der Waals surface area contributed by atoms with Gasteiger partial charge in [0.2, 0.25) is 0 Å². The van der Waals surface area contributed by atoms with E-state index in [4.69, 9.17) is 13.8 Å². The highest BCUT2D eigenvalue weighted by molar-refractivity contribution is 8.77. The van der Waals surface area contributed by atoms with Gasteiger partial charge in [0, 0.05) is 16.8 Å². The Balaban J connectivity index is 2.39. The Morgan fingerprint density at radius 3 is 2.54 bits per heavy atom. The molecule has 2 unspecified atom stereocenters. The van der Waals surface area contributed by atoms with Crippen molar-refractivity contribution in [2.75, 3.05) is 20.3 Å². The zero-order chi connectivity index (χ0) is 18.0. The van der Waals surface area contributed by atoms with Gasteiger partial charge >= 0.3 is 8.60 Å². The molecule has 0 bridgehead atoms. The van der Waals surface area contributed by atoms with Crippen molar-refractivity contribution in [3.05, 3.63) is 29.8 Å². The molecule has 0 radical (unpaired) electrons. The third-order valence-corrected chi connectivity index (χ3v) is 7.31. The SMILES string of the molecule is CCC(COP(O)OCCc1ccccc1SSC(C)(C)C)OC. The highest BCUT2D eigenvalue weighted by Crippen LogP contribution is 2.42. The maximum Gasteiger partial charge on any atom is 0.329 e. The van der Waals surface area contributed by atoms with Gasteiger partial charge in [-0.3, -0.25) is 0 Å². The van der Waals surface area contributed by atoms with Crippen LogP contribution >= 0.6 is 30.2 Å². The fourth-order valence-electron chi connectivity index (χ4n) is 1.73. The maximum atomic E-state index is 9.80. The second-order valence-electron chi connectivity index (χ2n) is 6.27. The lowest BCUT2D eigenvalue weighted by Crippen LogP contribution is -2.15. The Labute approximate surface area is 155 Å². The van der Waals surface area contributed by atoms with Gasteiger partial charge in [-0.05, 0) is 24.5 Å². The van der Waals surface area contributed by atoms with Crippen LogP contribution in [-0.2, 0) is 20.2 Å². The van der Waals surface area contributed by atoms with Crippen LogP contribution in [0, 0.1) is 0 Å². The number of rotatable bonds is 11. The van der Waals surface area contributed by atoms with E-state index in [2.05, 4.69) is 32.9 Å². The van der Waals surface area contributed by atoms with Gasteiger partial charge < -0.3 is 18.7 Å². The van der Waals surface area contributed by atoms with Crippen LogP contribution in [0.1, 0.15) is 39.7 Å². The lowest BCUT2D eigenvalue weighted by atomic mass is 10.2. The minimum Gasteiger partial charge on any atom is -0.379 e. The Hall–Kier alpha value is 0.190. The number of hydrogen-bond acceptors (Lipinski definition) is 6. The Bertz CT molecular complexity index is 464. The van der Waals surface area contributed by atoms with Crippen LogP contribution in [0.25, 0.3) is 0 Å². The van der Waals surface area contributed by atoms with Gasteiger partial charge in [0.15, 0.2) is 0 Å². The van der Waals surface area contributed by atoms with Crippen LogP contribution in [0.3, 0.4) is 0 Å². The molecule has 1 rings (SSSR count). The second-order valence-corrected chi connectivity index (χ2v) is 10.3. The molecule has 0 aliphatic carbocycles. The molecule has 0 spiro atoms. The van der Waals surface area contributed by atoms with Gasteiger partial charge in [0.1, 0.15) is 0 Å². The smallest absolute Gasteiger partial charge is 0.329 e. The first-order valence-electron chi connectivity index (χ1n) is 8.07. The van der Waals surface area contributed by atoms with Gasteiger partial charge in [0.25, 0.3) is 0 Å². The van der Waals surface area contributed by atoms with Crippen molar-refractivity contribution in [1.82, 2.24) is 0 Å². The van der Waals surface area contributed by atoms with E-state index in [0.29, 0.717) is 13.2 Å². The molecule has 1 N–H and O–H groups in total. The van der Waals surface area contributed by atoms with Crippen molar-refractivity contribution in [2.24, 2.45) is 0 Å². The first-order chi connectivity index (χ1) is 11.4. The average Bonchev–Trinajstić information content (AvgIpc) is 2.54. The largest absolute Gasteiger partial charge is 0.379 e. The standard InChI is InChI=1S/C17H29O4PS2/c1-6-15(19-5)13-21-22(18)20-12-11-14-9-7-8-10-16(14)23-24-17(2,3)4/h7-10,15,18H,6,11-13H2,1-5H3. The molecule has 0 aliphatic rings. The van der Waals surface area contributed by atoms with Crippen molar-refractivity contribution < 1.29 is 18.7 Å². The summed E-state index contributed by atoms with van der Waals surface area (Å²) in [4.78, 5) is 11.0. The monoisotopic (exact) mass is 392 g/mol. The Morgan fingerprint density at radius 2 is 1.92 bits per heavy atom. The van der Waals surface area contributed by atoms with Crippen LogP contribution in [-0.4, -0.2) is 36.1 Å². The summed E-state index contributed by atoms with van der Waals surface area (Å²) in [7, 11) is 3.43. The zero-order valence-corrected chi connectivity index (χ0v) is 17.7. The summed E-state index contributed by atoms with van der Waals surface area (Å²) >= 11 is 0. The average molecular weight is 393 g/mol. The van der Waals surface area contributed by atoms with Crippen LogP contribution in [0.15, 0.2) is 29.2 Å². The van der Waals surface area contributed by atoms with E-state index in [1.54, 1.807) is 17.9 Å². The fourth-order valence-corrected chi connectivity index (χ4v) is 4.61. The summed E-state index contributed by atoms with van der Waals surface area (Å²) in [5, 5.41) is 0. The van der Waals surface area contributed by atoms with Crippen LogP contribution in [0.5, 0.6) is 0 Å². The molecule has 1 aromatic rings. The molecule has 0 fully saturated rings. The van der Waals surface area contributed by atoms with Gasteiger partial charge in [-0.15, -0.1) is 0 Å². The summed E-state index contributed by atoms with van der Waals surface area (Å²) in [6, 6.07) is 8.31. The van der Waals surface area contributed by atoms with Crippen molar-refractivity contribution in [2.45, 2.75) is 56.3 Å². The molecule has 4 nitrogen and oxygen atoms in total. The molecule has 138 valence electrons. The molecule has 0 aliphatic heterocycles. The number of hydrogen-bond donors (Lipinski definition) is 1. The van der Waals surface area contributed by atoms with E-state index in [1.165, 1.54) is 10.5 Å². The first-order valence-corrected chi connectivity index (χ1v) is 11.3. The normalized spacial score (nSPS) is 14.6. The van der Waals surface area contributed by atoms with Gasteiger partial charge in [0.05, 0.1) is 19.3 Å². The molecule has 0 heterocycles. The molecule has 1 aromatic carbocycles. The lowest BCUT2D eigenvalue weighted by molar-refractivity contribution is 0.0474. The topological polar surface area (TPSA) is 47.9 Å². The molecule has 24 heavy (non-hydrogen) atoms. The van der Waals surface area contributed by atoms with Crippen LogP contribution in [0.2, 0.25) is 0 Å². The third-order valence-electron chi connectivity index (χ3n) is 3.09. The van der Waals surface area contributed by atoms with E-state index in [-0.39, 0.29) is 10.9 Å². The minimum absolute atomic E-state index is 0.00250. The molecule has 0 saturated heterocycles. The molecule has 2 atom stereocenters. The highest BCUT2D eigenvalue weighted by atomic mass is 33.1. The van der Waals surface area contributed by atoms with E-state index in [1.807, 2.05) is 29.9 Å². The summed E-state index contributed by atoms with van der Waals surface area (Å²) in [6.07, 6.45) is 1.59. The second kappa shape index (κ2) is 11.7. The molecular weight excluding hydrogens is 363 g/mol. The van der Waals surface area contributed by atoms with Gasteiger partial charge in [-0.1, -0.05) is 67.5 Å². The summed E-state index contributed by atoms with van der Waals surface area (Å²) in [5.41, 5.74) is 1.23. The first kappa shape index (κ1) is 22.2. The molecule has 0 aromatic heterocycles. The van der Waals surface area contributed by atoms with E-state index < -0.39 is 8.60 Å². The minimum atomic E-state index is -1.85. The Kier molecular flexibility index (Phi) is 10.9. The summed E-state index contributed by atoms with van der Waals surface area (Å²) in [6.45, 7) is 9.42. The van der Waals surface area contributed by atoms with Gasteiger partial charge in [-0.2, -0.15) is 0 Å². The summed E-state index contributed by atoms with van der Waals surface area (Å²) in [5.74, 6) is 0. The number of ether oxygens (including phenoxy) is 1. The van der Waals surface area contributed by atoms with Crippen LogP contribution in [0.4, 0.5) is 0 Å². The predicted molar refractivity (Wildman–Crippen MR) is 105 cm³/mol. The maximum absolute atomic E-state index is 9.80. The lowest BCUT2D eigenvalue weighted by Gasteiger charge is -2.18. The number of benzene rings is 1. The predicted octanol–water partition coefficient (Wildman–Crippen LogP) is 5.45. The van der Waals surface area contributed by atoms with Crippen molar-refractivity contribution >= 4 is 30.2 Å². The molecule has 0 saturated carbocycles. The fraction of sp³-hybridized carbons (Fsp3) is 0.647. The van der Waals surface area contributed by atoms with E-state index in [0.717, 1.165) is 12.8 Å². The molecule has 0 amide bonds. The van der Waals surface area contributed by atoms with E-state index >= 15 is 0 Å².